The zero-order valence-corrected chi connectivity index (χ0v) is 12.2. The third-order valence-electron chi connectivity index (χ3n) is 3.26. The summed E-state index contributed by atoms with van der Waals surface area (Å²) >= 11 is 5.87. The van der Waals surface area contributed by atoms with Crippen LogP contribution in [0.3, 0.4) is 0 Å². The lowest BCUT2D eigenvalue weighted by molar-refractivity contribution is 0.404. The SMILES string of the molecule is CCNC(c1ccc(Cl)o1)c1cc2cc(C)ccc2o1. The van der Waals surface area contributed by atoms with Gasteiger partial charge in [-0.05, 0) is 55.4 Å². The molecule has 0 saturated carbocycles. The smallest absolute Gasteiger partial charge is 0.193 e. The van der Waals surface area contributed by atoms with Crippen molar-refractivity contribution in [1.29, 1.82) is 0 Å². The van der Waals surface area contributed by atoms with Crippen LogP contribution in [0.1, 0.15) is 30.0 Å². The maximum Gasteiger partial charge on any atom is 0.193 e. The van der Waals surface area contributed by atoms with Gasteiger partial charge in [0.05, 0.1) is 0 Å². The lowest BCUT2D eigenvalue weighted by Crippen LogP contribution is -2.20. The number of hydrogen-bond donors (Lipinski definition) is 1. The van der Waals surface area contributed by atoms with Gasteiger partial charge in [-0.2, -0.15) is 0 Å². The molecule has 0 saturated heterocycles. The number of benzene rings is 1. The molecule has 0 radical (unpaired) electrons. The van der Waals surface area contributed by atoms with Crippen LogP contribution >= 0.6 is 11.6 Å². The maximum absolute atomic E-state index is 5.94. The summed E-state index contributed by atoms with van der Waals surface area (Å²) in [5.41, 5.74) is 2.09. The Kier molecular flexibility index (Phi) is 3.55. The number of halogens is 1. The fraction of sp³-hybridized carbons (Fsp3) is 0.250. The first-order valence-corrected chi connectivity index (χ1v) is 7.04. The molecule has 0 aliphatic carbocycles. The van der Waals surface area contributed by atoms with Crippen molar-refractivity contribution in [3.05, 3.63) is 58.7 Å². The highest BCUT2D eigenvalue weighted by atomic mass is 35.5. The second-order valence-electron chi connectivity index (χ2n) is 4.82. The normalized spacial score (nSPS) is 12.9. The minimum absolute atomic E-state index is 0.125. The average molecular weight is 290 g/mol. The standard InChI is InChI=1S/C16H16ClNO2/c1-3-18-16(13-6-7-15(17)20-13)14-9-11-8-10(2)4-5-12(11)19-14/h4-9,16,18H,3H2,1-2H3. The second kappa shape index (κ2) is 5.35. The Morgan fingerprint density at radius 2 is 1.95 bits per heavy atom. The molecule has 3 nitrogen and oxygen atoms in total. The Morgan fingerprint density at radius 1 is 1.10 bits per heavy atom. The van der Waals surface area contributed by atoms with Crippen LogP contribution < -0.4 is 5.32 Å². The minimum atomic E-state index is -0.125. The van der Waals surface area contributed by atoms with E-state index in [1.165, 1.54) is 5.56 Å². The van der Waals surface area contributed by atoms with E-state index in [2.05, 4.69) is 18.3 Å². The van der Waals surface area contributed by atoms with Gasteiger partial charge in [-0.3, -0.25) is 0 Å². The zero-order valence-electron chi connectivity index (χ0n) is 11.4. The molecule has 1 aromatic carbocycles. The molecule has 3 aromatic rings. The van der Waals surface area contributed by atoms with Crippen LogP contribution in [-0.2, 0) is 0 Å². The molecule has 20 heavy (non-hydrogen) atoms. The van der Waals surface area contributed by atoms with Gasteiger partial charge in [0.2, 0.25) is 0 Å². The summed E-state index contributed by atoms with van der Waals surface area (Å²) in [6, 6.07) is 11.7. The van der Waals surface area contributed by atoms with E-state index in [-0.39, 0.29) is 6.04 Å². The fourth-order valence-corrected chi connectivity index (χ4v) is 2.51. The van der Waals surface area contributed by atoms with Gasteiger partial charge < -0.3 is 14.2 Å². The highest BCUT2D eigenvalue weighted by Crippen LogP contribution is 2.30. The Hall–Kier alpha value is -1.71. The topological polar surface area (TPSA) is 38.3 Å². The summed E-state index contributed by atoms with van der Waals surface area (Å²) < 4.78 is 11.5. The molecule has 1 atom stereocenters. The van der Waals surface area contributed by atoms with Gasteiger partial charge >= 0.3 is 0 Å². The van der Waals surface area contributed by atoms with E-state index in [4.69, 9.17) is 20.4 Å². The van der Waals surface area contributed by atoms with Gasteiger partial charge in [-0.1, -0.05) is 18.6 Å². The highest BCUT2D eigenvalue weighted by Gasteiger charge is 2.21. The van der Waals surface area contributed by atoms with Gasteiger partial charge in [0.15, 0.2) is 5.22 Å². The number of aryl methyl sites for hydroxylation is 1. The Bertz CT molecular complexity index is 729. The van der Waals surface area contributed by atoms with E-state index in [1.54, 1.807) is 6.07 Å². The third-order valence-corrected chi connectivity index (χ3v) is 3.47. The second-order valence-corrected chi connectivity index (χ2v) is 5.20. The zero-order chi connectivity index (χ0) is 14.1. The summed E-state index contributed by atoms with van der Waals surface area (Å²) in [5.74, 6) is 1.59. The summed E-state index contributed by atoms with van der Waals surface area (Å²) in [7, 11) is 0. The monoisotopic (exact) mass is 289 g/mol. The van der Waals surface area contributed by atoms with E-state index >= 15 is 0 Å². The molecule has 1 N–H and O–H groups in total. The van der Waals surface area contributed by atoms with E-state index in [0.29, 0.717) is 5.22 Å². The van der Waals surface area contributed by atoms with Crippen molar-refractivity contribution < 1.29 is 8.83 Å². The molecule has 0 aliphatic rings. The first-order valence-electron chi connectivity index (χ1n) is 6.66. The number of nitrogens with one attached hydrogen (secondary N) is 1. The molecule has 2 aromatic heterocycles. The summed E-state index contributed by atoms with van der Waals surface area (Å²) in [5, 5.41) is 4.84. The van der Waals surface area contributed by atoms with Crippen LogP contribution in [0.2, 0.25) is 5.22 Å². The molecule has 0 amide bonds. The van der Waals surface area contributed by atoms with Crippen LogP contribution in [0.5, 0.6) is 0 Å². The van der Waals surface area contributed by atoms with Crippen LogP contribution in [0.4, 0.5) is 0 Å². The summed E-state index contributed by atoms with van der Waals surface area (Å²) in [6.07, 6.45) is 0. The van der Waals surface area contributed by atoms with E-state index in [1.807, 2.05) is 31.2 Å². The van der Waals surface area contributed by atoms with Crippen molar-refractivity contribution in [3.63, 3.8) is 0 Å². The maximum atomic E-state index is 5.94. The Morgan fingerprint density at radius 3 is 2.65 bits per heavy atom. The number of furan rings is 2. The van der Waals surface area contributed by atoms with Crippen molar-refractivity contribution in [1.82, 2.24) is 5.32 Å². The van der Waals surface area contributed by atoms with E-state index < -0.39 is 0 Å². The first-order chi connectivity index (χ1) is 9.67. The molecule has 3 rings (SSSR count). The van der Waals surface area contributed by atoms with Crippen molar-refractivity contribution in [2.45, 2.75) is 19.9 Å². The van der Waals surface area contributed by atoms with Crippen molar-refractivity contribution >= 4 is 22.6 Å². The Balaban J connectivity index is 2.04. The predicted molar refractivity (Wildman–Crippen MR) is 80.2 cm³/mol. The molecule has 0 fully saturated rings. The van der Waals surface area contributed by atoms with Gasteiger partial charge in [0.25, 0.3) is 0 Å². The lowest BCUT2D eigenvalue weighted by atomic mass is 10.1. The molecule has 104 valence electrons. The van der Waals surface area contributed by atoms with Crippen molar-refractivity contribution in [2.75, 3.05) is 6.54 Å². The minimum Gasteiger partial charge on any atom is -0.459 e. The molecular formula is C16H16ClNO2. The quantitative estimate of drug-likeness (QED) is 0.757. The van der Waals surface area contributed by atoms with Crippen LogP contribution in [0.15, 0.2) is 45.2 Å². The van der Waals surface area contributed by atoms with Gasteiger partial charge in [0, 0.05) is 5.39 Å². The van der Waals surface area contributed by atoms with E-state index in [0.717, 1.165) is 29.0 Å². The van der Waals surface area contributed by atoms with Crippen LogP contribution in [0.25, 0.3) is 11.0 Å². The molecule has 0 bridgehead atoms. The lowest BCUT2D eigenvalue weighted by Gasteiger charge is -2.12. The summed E-state index contributed by atoms with van der Waals surface area (Å²) in [6.45, 7) is 4.92. The Labute approximate surface area is 122 Å². The highest BCUT2D eigenvalue weighted by molar-refractivity contribution is 6.28. The summed E-state index contributed by atoms with van der Waals surface area (Å²) in [4.78, 5) is 0. The molecule has 0 aliphatic heterocycles. The van der Waals surface area contributed by atoms with Gasteiger partial charge in [-0.15, -0.1) is 0 Å². The van der Waals surface area contributed by atoms with Crippen molar-refractivity contribution in [2.24, 2.45) is 0 Å². The number of fused-ring (bicyclic) bond motifs is 1. The van der Waals surface area contributed by atoms with Gasteiger partial charge in [0.1, 0.15) is 23.1 Å². The molecule has 1 unspecified atom stereocenters. The van der Waals surface area contributed by atoms with Crippen LogP contribution in [-0.4, -0.2) is 6.54 Å². The van der Waals surface area contributed by atoms with Crippen molar-refractivity contribution in [3.8, 4) is 0 Å². The predicted octanol–water partition coefficient (Wildman–Crippen LogP) is 4.69. The number of hydrogen-bond acceptors (Lipinski definition) is 3. The molecular weight excluding hydrogens is 274 g/mol. The third kappa shape index (κ3) is 2.47. The van der Waals surface area contributed by atoms with E-state index in [9.17, 15) is 0 Å². The molecule has 0 spiro atoms. The largest absolute Gasteiger partial charge is 0.459 e. The first kappa shape index (κ1) is 13.3. The fourth-order valence-electron chi connectivity index (χ4n) is 2.35. The average Bonchev–Trinajstić information content (AvgIpc) is 3.01. The molecule has 2 heterocycles. The molecule has 4 heteroatoms. The van der Waals surface area contributed by atoms with Gasteiger partial charge in [-0.25, -0.2) is 0 Å². The number of rotatable bonds is 4. The van der Waals surface area contributed by atoms with Crippen LogP contribution in [0, 0.1) is 6.92 Å².